The molecule has 3 aromatic rings. The minimum Gasteiger partial charge on any atom is -0.459 e. The Morgan fingerprint density at radius 3 is 2.55 bits per heavy atom. The summed E-state index contributed by atoms with van der Waals surface area (Å²) >= 11 is 1.02. The van der Waals surface area contributed by atoms with Crippen molar-refractivity contribution >= 4 is 43.4 Å². The number of hydrogen-bond donors (Lipinski definition) is 1. The number of aromatic nitrogens is 1. The van der Waals surface area contributed by atoms with Crippen LogP contribution in [0.2, 0.25) is 0 Å². The van der Waals surface area contributed by atoms with Gasteiger partial charge in [-0.2, -0.15) is 4.31 Å². The second kappa shape index (κ2) is 9.12. The van der Waals surface area contributed by atoms with Gasteiger partial charge in [0.05, 0.1) is 21.4 Å². The lowest BCUT2D eigenvalue weighted by Gasteiger charge is -2.35. The number of nitrogens with zero attached hydrogens (tertiary/aromatic N) is 3. The molecular weight excluding hydrogens is 468 g/mol. The van der Waals surface area contributed by atoms with Crippen LogP contribution in [0.15, 0.2) is 50.7 Å². The van der Waals surface area contributed by atoms with Crippen molar-refractivity contribution in [2.45, 2.75) is 31.3 Å². The summed E-state index contributed by atoms with van der Waals surface area (Å²) in [5, 5.41) is 2.59. The van der Waals surface area contributed by atoms with Crippen molar-refractivity contribution in [2.75, 3.05) is 26.2 Å². The third-order valence-corrected chi connectivity index (χ3v) is 8.44. The molecule has 33 heavy (non-hydrogen) atoms. The fraction of sp³-hybridized carbons (Fsp3) is 0.381. The summed E-state index contributed by atoms with van der Waals surface area (Å²) in [5.41, 5.74) is 0.715. The summed E-state index contributed by atoms with van der Waals surface area (Å²) in [7, 11) is -3.77. The number of thiazole rings is 1. The first-order valence-corrected chi connectivity index (χ1v) is 12.7. The number of piperazine rings is 1. The van der Waals surface area contributed by atoms with Crippen molar-refractivity contribution in [1.29, 1.82) is 0 Å². The Balaban J connectivity index is 1.41. The van der Waals surface area contributed by atoms with Crippen LogP contribution in [0.5, 0.6) is 0 Å². The van der Waals surface area contributed by atoms with Crippen molar-refractivity contribution < 1.29 is 22.4 Å². The molecule has 1 saturated heterocycles. The Morgan fingerprint density at radius 2 is 1.91 bits per heavy atom. The number of sulfonamides is 1. The predicted octanol–water partition coefficient (Wildman–Crippen LogP) is 1.33. The maximum Gasteiger partial charge on any atom is 0.308 e. The van der Waals surface area contributed by atoms with Gasteiger partial charge in [-0.15, -0.1) is 0 Å². The molecule has 0 aliphatic carbocycles. The third kappa shape index (κ3) is 4.45. The minimum atomic E-state index is -3.77. The molecule has 4 rings (SSSR count). The molecule has 1 aromatic carbocycles. The van der Waals surface area contributed by atoms with Crippen LogP contribution in [0.1, 0.15) is 24.4 Å². The number of rotatable bonds is 6. The van der Waals surface area contributed by atoms with Gasteiger partial charge in [0.2, 0.25) is 15.9 Å². The zero-order chi connectivity index (χ0) is 23.8. The molecular formula is C21H24N4O6S2. The lowest BCUT2D eigenvalue weighted by molar-refractivity contribution is -0.134. The maximum absolute atomic E-state index is 13.2. The summed E-state index contributed by atoms with van der Waals surface area (Å²) in [5.74, 6) is -0.669. The van der Waals surface area contributed by atoms with Gasteiger partial charge in [-0.1, -0.05) is 11.3 Å². The van der Waals surface area contributed by atoms with Crippen LogP contribution < -0.4 is 10.2 Å². The van der Waals surface area contributed by atoms with E-state index in [0.29, 0.717) is 16.8 Å². The molecule has 10 nitrogen and oxygen atoms in total. The fourth-order valence-electron chi connectivity index (χ4n) is 3.82. The monoisotopic (exact) mass is 492 g/mol. The largest absolute Gasteiger partial charge is 0.459 e. The number of amides is 2. The molecule has 2 aromatic heterocycles. The molecule has 12 heteroatoms. The summed E-state index contributed by atoms with van der Waals surface area (Å²) in [6.45, 7) is 4.65. The quantitative estimate of drug-likeness (QED) is 0.554. The van der Waals surface area contributed by atoms with Gasteiger partial charge in [-0.3, -0.25) is 19.0 Å². The Hall–Kier alpha value is -2.96. The molecule has 2 amide bonds. The number of hydrogen-bond acceptors (Lipinski definition) is 7. The Bertz CT molecular complexity index is 1330. The van der Waals surface area contributed by atoms with Crippen LogP contribution in [0.3, 0.4) is 0 Å². The van der Waals surface area contributed by atoms with Crippen LogP contribution in [-0.4, -0.2) is 66.2 Å². The Morgan fingerprint density at radius 1 is 1.18 bits per heavy atom. The van der Waals surface area contributed by atoms with Gasteiger partial charge in [0.15, 0.2) is 5.76 Å². The molecule has 0 bridgehead atoms. The van der Waals surface area contributed by atoms with E-state index in [2.05, 4.69) is 5.32 Å². The highest BCUT2D eigenvalue weighted by molar-refractivity contribution is 7.89. The maximum atomic E-state index is 13.2. The van der Waals surface area contributed by atoms with E-state index in [-0.39, 0.29) is 47.6 Å². The number of furan rings is 1. The molecule has 0 spiro atoms. The average Bonchev–Trinajstić information content (AvgIpc) is 3.45. The molecule has 1 aliphatic rings. The van der Waals surface area contributed by atoms with Gasteiger partial charge in [0.25, 0.3) is 5.91 Å². The molecule has 0 radical (unpaired) electrons. The Kier molecular flexibility index (Phi) is 6.41. The number of carbonyl (C=O) groups is 2. The summed E-state index contributed by atoms with van der Waals surface area (Å²) in [4.78, 5) is 38.4. The first-order chi connectivity index (χ1) is 15.7. The summed E-state index contributed by atoms with van der Waals surface area (Å²) < 4.78 is 34.9. The highest BCUT2D eigenvalue weighted by Crippen LogP contribution is 2.25. The van der Waals surface area contributed by atoms with Gasteiger partial charge in [0.1, 0.15) is 6.04 Å². The number of nitrogens with one attached hydrogen (secondary N) is 1. The van der Waals surface area contributed by atoms with Crippen LogP contribution in [0, 0.1) is 0 Å². The lowest BCUT2D eigenvalue weighted by atomic mass is 10.2. The van der Waals surface area contributed by atoms with E-state index in [9.17, 15) is 22.8 Å². The number of aryl methyl sites for hydroxylation is 1. The van der Waals surface area contributed by atoms with E-state index in [0.717, 1.165) is 11.3 Å². The predicted molar refractivity (Wildman–Crippen MR) is 123 cm³/mol. The van der Waals surface area contributed by atoms with Crippen molar-refractivity contribution in [1.82, 2.24) is 19.1 Å². The van der Waals surface area contributed by atoms with Crippen LogP contribution in [-0.2, 0) is 21.4 Å². The second-order valence-corrected chi connectivity index (χ2v) is 10.6. The molecule has 1 aliphatic heterocycles. The molecule has 1 N–H and O–H groups in total. The summed E-state index contributed by atoms with van der Waals surface area (Å²) in [6.07, 6.45) is 1.37. The van der Waals surface area contributed by atoms with E-state index in [1.54, 1.807) is 23.6 Å². The Labute approximate surface area is 194 Å². The molecule has 1 fully saturated rings. The molecule has 1 atom stereocenters. The lowest BCUT2D eigenvalue weighted by Crippen LogP contribution is -2.55. The third-order valence-electron chi connectivity index (χ3n) is 5.61. The van der Waals surface area contributed by atoms with Crippen molar-refractivity contribution in [3.05, 3.63) is 52.0 Å². The van der Waals surface area contributed by atoms with Crippen LogP contribution in [0.4, 0.5) is 0 Å². The van der Waals surface area contributed by atoms with Crippen molar-refractivity contribution in [3.8, 4) is 0 Å². The van der Waals surface area contributed by atoms with Gasteiger partial charge in [-0.25, -0.2) is 8.42 Å². The molecule has 176 valence electrons. The number of fused-ring (bicyclic) bond motifs is 1. The minimum absolute atomic E-state index is 0.113. The topological polar surface area (TPSA) is 122 Å². The number of benzene rings is 1. The van der Waals surface area contributed by atoms with E-state index >= 15 is 0 Å². The van der Waals surface area contributed by atoms with E-state index < -0.39 is 22.0 Å². The molecule has 0 saturated carbocycles. The first kappa shape index (κ1) is 23.2. The fourth-order valence-corrected chi connectivity index (χ4v) is 6.33. The average molecular weight is 493 g/mol. The van der Waals surface area contributed by atoms with Crippen LogP contribution in [0.25, 0.3) is 10.2 Å². The highest BCUT2D eigenvalue weighted by Gasteiger charge is 2.32. The number of carbonyl (C=O) groups excluding carboxylic acids is 2. The smallest absolute Gasteiger partial charge is 0.308 e. The van der Waals surface area contributed by atoms with E-state index in [1.165, 1.54) is 33.7 Å². The normalized spacial score (nSPS) is 16.1. The second-order valence-electron chi connectivity index (χ2n) is 7.64. The van der Waals surface area contributed by atoms with Gasteiger partial charge < -0.3 is 14.6 Å². The van der Waals surface area contributed by atoms with Crippen molar-refractivity contribution in [2.24, 2.45) is 0 Å². The van der Waals surface area contributed by atoms with Gasteiger partial charge in [0, 0.05) is 32.7 Å². The van der Waals surface area contributed by atoms with Crippen LogP contribution >= 0.6 is 11.3 Å². The molecule has 3 heterocycles. The van der Waals surface area contributed by atoms with Gasteiger partial charge in [-0.05, 0) is 44.2 Å². The SMILES string of the molecule is CCn1c(=O)sc2cc(S(=O)(=O)N3CCN(C(=O)[C@H](C)NC(=O)c4ccco4)CC3)ccc21. The summed E-state index contributed by atoms with van der Waals surface area (Å²) in [6, 6.07) is 7.01. The van der Waals surface area contributed by atoms with E-state index in [4.69, 9.17) is 4.42 Å². The zero-order valence-electron chi connectivity index (χ0n) is 18.2. The first-order valence-electron chi connectivity index (χ1n) is 10.5. The highest BCUT2D eigenvalue weighted by atomic mass is 32.2. The zero-order valence-corrected chi connectivity index (χ0v) is 19.8. The van der Waals surface area contributed by atoms with Crippen molar-refractivity contribution in [3.63, 3.8) is 0 Å². The standard InChI is InChI=1S/C21H24N4O6S2/c1-3-25-16-7-6-15(13-18(16)32-21(25)28)33(29,30)24-10-8-23(9-11-24)20(27)14(2)22-19(26)17-5-4-12-31-17/h4-7,12-14H,3,8-11H2,1-2H3,(H,22,26)/t14-/m0/s1. The molecule has 0 unspecified atom stereocenters. The van der Waals surface area contributed by atoms with E-state index in [1.807, 2.05) is 6.92 Å². The van der Waals surface area contributed by atoms with Gasteiger partial charge >= 0.3 is 4.87 Å².